The first-order chi connectivity index (χ1) is 11.8. The summed E-state index contributed by atoms with van der Waals surface area (Å²) in [5.41, 5.74) is 1.35. The Hall–Kier alpha value is -2.05. The van der Waals surface area contributed by atoms with Crippen molar-refractivity contribution in [3.05, 3.63) is 59.1 Å². The van der Waals surface area contributed by atoms with Crippen molar-refractivity contribution in [2.24, 2.45) is 0 Å². The topological polar surface area (TPSA) is 63.7 Å². The van der Waals surface area contributed by atoms with Crippen LogP contribution in [0, 0.1) is 6.92 Å². The summed E-state index contributed by atoms with van der Waals surface area (Å²) in [7, 11) is -2.60. The van der Waals surface area contributed by atoms with E-state index in [0.29, 0.717) is 10.7 Å². The molecule has 0 aliphatic carbocycles. The van der Waals surface area contributed by atoms with Gasteiger partial charge in [0.15, 0.2) is 0 Å². The second kappa shape index (κ2) is 7.89. The van der Waals surface area contributed by atoms with Crippen LogP contribution in [0.15, 0.2) is 53.4 Å². The Morgan fingerprint density at radius 1 is 1.20 bits per heavy atom. The number of benzene rings is 2. The number of ether oxygens (including phenoxy) is 1. The number of carbonyl (C=O) groups excluding carboxylic acids is 1. The van der Waals surface area contributed by atoms with E-state index in [9.17, 15) is 13.2 Å². The molecule has 0 heterocycles. The minimum Gasteiger partial charge on any atom is -0.469 e. The highest BCUT2D eigenvalue weighted by molar-refractivity contribution is 7.92. The van der Waals surface area contributed by atoms with E-state index in [1.165, 1.54) is 11.4 Å². The van der Waals surface area contributed by atoms with Gasteiger partial charge in [-0.05, 0) is 44.2 Å². The standard InChI is InChI=1S/C18H20ClNO4S/c1-13-7-9-17(10-8-13)25(22,23)20(14(2)11-18(21)24-3)16-6-4-5-15(19)12-16/h4-10,12,14H,11H2,1-3H3/t14-/m0/s1. The van der Waals surface area contributed by atoms with Crippen LogP contribution in [-0.2, 0) is 19.6 Å². The summed E-state index contributed by atoms with van der Waals surface area (Å²) in [6.07, 6.45) is -0.0753. The molecule has 0 fully saturated rings. The van der Waals surface area contributed by atoms with Gasteiger partial charge in [0, 0.05) is 5.02 Å². The Balaban J connectivity index is 2.53. The zero-order valence-electron chi connectivity index (χ0n) is 14.3. The average Bonchev–Trinajstić information content (AvgIpc) is 2.55. The Morgan fingerprint density at radius 3 is 2.40 bits per heavy atom. The van der Waals surface area contributed by atoms with E-state index >= 15 is 0 Å². The first kappa shape index (κ1) is 19.3. The molecule has 0 amide bonds. The first-order valence-corrected chi connectivity index (χ1v) is 9.51. The van der Waals surface area contributed by atoms with Crippen molar-refractivity contribution in [1.29, 1.82) is 0 Å². The molecule has 7 heteroatoms. The lowest BCUT2D eigenvalue weighted by Crippen LogP contribution is -2.40. The molecule has 1 atom stereocenters. The third-order valence-electron chi connectivity index (χ3n) is 3.73. The lowest BCUT2D eigenvalue weighted by molar-refractivity contribution is -0.140. The van der Waals surface area contributed by atoms with Crippen LogP contribution in [0.1, 0.15) is 18.9 Å². The van der Waals surface area contributed by atoms with Gasteiger partial charge in [-0.25, -0.2) is 8.42 Å². The highest BCUT2D eigenvalue weighted by Gasteiger charge is 2.31. The molecule has 0 aromatic heterocycles. The van der Waals surface area contributed by atoms with Gasteiger partial charge in [0.05, 0.1) is 30.2 Å². The van der Waals surface area contributed by atoms with E-state index in [-0.39, 0.29) is 11.3 Å². The Bertz CT molecular complexity index is 850. The Labute approximate surface area is 153 Å². The molecule has 0 unspecified atom stereocenters. The van der Waals surface area contributed by atoms with Crippen molar-refractivity contribution < 1.29 is 17.9 Å². The maximum atomic E-state index is 13.2. The van der Waals surface area contributed by atoms with Gasteiger partial charge in [-0.3, -0.25) is 9.10 Å². The van der Waals surface area contributed by atoms with Crippen molar-refractivity contribution in [3.63, 3.8) is 0 Å². The fourth-order valence-corrected chi connectivity index (χ4v) is 4.31. The number of aryl methyl sites for hydroxylation is 1. The molecule has 0 spiro atoms. The lowest BCUT2D eigenvalue weighted by Gasteiger charge is -2.30. The largest absolute Gasteiger partial charge is 0.469 e. The van der Waals surface area contributed by atoms with Crippen LogP contribution in [0.25, 0.3) is 0 Å². The lowest BCUT2D eigenvalue weighted by atomic mass is 10.2. The molecule has 5 nitrogen and oxygen atoms in total. The number of halogens is 1. The molecule has 0 aliphatic rings. The molecule has 25 heavy (non-hydrogen) atoms. The predicted octanol–water partition coefficient (Wildman–Crippen LogP) is 3.80. The minimum absolute atomic E-state index is 0.0753. The van der Waals surface area contributed by atoms with Crippen LogP contribution >= 0.6 is 11.6 Å². The molecule has 0 radical (unpaired) electrons. The number of anilines is 1. The van der Waals surface area contributed by atoms with Crippen LogP contribution in [0.5, 0.6) is 0 Å². The van der Waals surface area contributed by atoms with Crippen molar-refractivity contribution >= 4 is 33.3 Å². The zero-order valence-corrected chi connectivity index (χ0v) is 15.8. The van der Waals surface area contributed by atoms with E-state index in [4.69, 9.17) is 11.6 Å². The quantitative estimate of drug-likeness (QED) is 0.714. The minimum atomic E-state index is -3.87. The molecule has 2 aromatic carbocycles. The number of nitrogens with zero attached hydrogens (tertiary/aromatic N) is 1. The van der Waals surface area contributed by atoms with Gasteiger partial charge in [0.2, 0.25) is 0 Å². The SMILES string of the molecule is COC(=O)C[C@H](C)N(c1cccc(Cl)c1)S(=O)(=O)c1ccc(C)cc1. The van der Waals surface area contributed by atoms with Crippen LogP contribution in [0.2, 0.25) is 5.02 Å². The molecule has 0 aliphatic heterocycles. The summed E-state index contributed by atoms with van der Waals surface area (Å²) in [6, 6.07) is 12.4. The van der Waals surface area contributed by atoms with E-state index < -0.39 is 22.0 Å². The molecule has 0 N–H and O–H groups in total. The average molecular weight is 382 g/mol. The van der Waals surface area contributed by atoms with Gasteiger partial charge in [0.25, 0.3) is 10.0 Å². The van der Waals surface area contributed by atoms with E-state index in [1.54, 1.807) is 55.5 Å². The van der Waals surface area contributed by atoms with Crippen LogP contribution in [0.4, 0.5) is 5.69 Å². The molecule has 2 rings (SSSR count). The van der Waals surface area contributed by atoms with E-state index in [0.717, 1.165) is 5.56 Å². The highest BCUT2D eigenvalue weighted by atomic mass is 35.5. The first-order valence-electron chi connectivity index (χ1n) is 7.69. The maximum absolute atomic E-state index is 13.2. The molecule has 2 aromatic rings. The van der Waals surface area contributed by atoms with Crippen molar-refractivity contribution in [1.82, 2.24) is 0 Å². The Morgan fingerprint density at radius 2 is 1.84 bits per heavy atom. The third-order valence-corrected chi connectivity index (χ3v) is 5.92. The number of esters is 1. The van der Waals surface area contributed by atoms with Gasteiger partial charge in [0.1, 0.15) is 0 Å². The second-order valence-corrected chi connectivity index (χ2v) is 7.97. The van der Waals surface area contributed by atoms with Gasteiger partial charge in [-0.2, -0.15) is 0 Å². The van der Waals surface area contributed by atoms with Crippen LogP contribution in [-0.4, -0.2) is 27.5 Å². The van der Waals surface area contributed by atoms with Crippen molar-refractivity contribution in [2.45, 2.75) is 31.2 Å². The predicted molar refractivity (Wildman–Crippen MR) is 98.4 cm³/mol. The number of methoxy groups -OCH3 is 1. The molecule has 134 valence electrons. The Kier molecular flexibility index (Phi) is 6.08. The van der Waals surface area contributed by atoms with Crippen LogP contribution in [0.3, 0.4) is 0 Å². The summed E-state index contributed by atoms with van der Waals surface area (Å²) in [5, 5.41) is 0.409. The summed E-state index contributed by atoms with van der Waals surface area (Å²) in [5.74, 6) is -0.487. The number of hydrogen-bond donors (Lipinski definition) is 0. The maximum Gasteiger partial charge on any atom is 0.307 e. The number of sulfonamides is 1. The van der Waals surface area contributed by atoms with Gasteiger partial charge < -0.3 is 4.74 Å². The summed E-state index contributed by atoms with van der Waals surface area (Å²) in [6.45, 7) is 3.54. The fraction of sp³-hybridized carbons (Fsp3) is 0.278. The highest BCUT2D eigenvalue weighted by Crippen LogP contribution is 2.29. The van der Waals surface area contributed by atoms with Crippen molar-refractivity contribution in [3.8, 4) is 0 Å². The van der Waals surface area contributed by atoms with E-state index in [1.807, 2.05) is 6.92 Å². The smallest absolute Gasteiger partial charge is 0.307 e. The van der Waals surface area contributed by atoms with Crippen LogP contribution < -0.4 is 4.31 Å². The summed E-state index contributed by atoms with van der Waals surface area (Å²) >= 11 is 6.03. The third kappa shape index (κ3) is 4.52. The zero-order chi connectivity index (χ0) is 18.6. The van der Waals surface area contributed by atoms with E-state index in [2.05, 4.69) is 4.74 Å². The normalized spacial score (nSPS) is 12.5. The summed E-state index contributed by atoms with van der Waals surface area (Å²) < 4.78 is 32.3. The monoisotopic (exact) mass is 381 g/mol. The molecular formula is C18H20ClNO4S. The fourth-order valence-electron chi connectivity index (χ4n) is 2.47. The van der Waals surface area contributed by atoms with Gasteiger partial charge in [-0.15, -0.1) is 0 Å². The second-order valence-electron chi connectivity index (χ2n) is 5.72. The molecule has 0 saturated carbocycles. The van der Waals surface area contributed by atoms with Gasteiger partial charge >= 0.3 is 5.97 Å². The number of rotatable bonds is 6. The molecule has 0 bridgehead atoms. The summed E-state index contributed by atoms with van der Waals surface area (Å²) in [4.78, 5) is 11.8. The number of hydrogen-bond acceptors (Lipinski definition) is 4. The molecule has 0 saturated heterocycles. The van der Waals surface area contributed by atoms with Crippen molar-refractivity contribution in [2.75, 3.05) is 11.4 Å². The van der Waals surface area contributed by atoms with Gasteiger partial charge in [-0.1, -0.05) is 35.4 Å². The number of carbonyl (C=O) groups is 1. The molecular weight excluding hydrogens is 362 g/mol.